The number of hydrogen-bond acceptors (Lipinski definition) is 6. The van der Waals surface area contributed by atoms with Crippen LogP contribution in [0.5, 0.6) is 5.75 Å². The Kier molecular flexibility index (Phi) is 5.33. The van der Waals surface area contributed by atoms with E-state index < -0.39 is 0 Å². The first-order valence-corrected chi connectivity index (χ1v) is 14.0. The second-order valence-electron chi connectivity index (χ2n) is 9.51. The van der Waals surface area contributed by atoms with Crippen LogP contribution in [0.2, 0.25) is 0 Å². The van der Waals surface area contributed by atoms with E-state index in [1.807, 2.05) is 24.3 Å². The molecule has 0 bridgehead atoms. The molecule has 1 aliphatic carbocycles. The zero-order valence-corrected chi connectivity index (χ0v) is 21.4. The van der Waals surface area contributed by atoms with Crippen LogP contribution in [0.25, 0.3) is 41.9 Å². The molecule has 0 spiro atoms. The van der Waals surface area contributed by atoms with Crippen molar-refractivity contribution in [1.29, 1.82) is 0 Å². The molecule has 5 nitrogen and oxygen atoms in total. The standard InChI is InChI=1S/C29H22FN3O2S2/c30-17-12-13-18(20(15-17)16-10-11-16)27-32-28-25(19-5-3-7-22(34)26(19)37-28)29(35)33(27)14-4-9-24-31-21-6-1-2-8-23(21)36-24/h1-3,5-8,12-13,15-16,34H,4,9-11,14H2. The van der Waals surface area contributed by atoms with Crippen LogP contribution >= 0.6 is 22.7 Å². The van der Waals surface area contributed by atoms with Crippen molar-refractivity contribution in [2.45, 2.75) is 38.1 Å². The maximum atomic E-state index is 14.2. The molecule has 0 aliphatic heterocycles. The highest BCUT2D eigenvalue weighted by Gasteiger charge is 2.29. The van der Waals surface area contributed by atoms with Gasteiger partial charge in [-0.3, -0.25) is 9.36 Å². The summed E-state index contributed by atoms with van der Waals surface area (Å²) in [6, 6.07) is 18.1. The summed E-state index contributed by atoms with van der Waals surface area (Å²) in [7, 11) is 0. The number of phenols is 1. The molecule has 6 aromatic rings. The predicted octanol–water partition coefficient (Wildman–Crippen LogP) is 7.24. The zero-order valence-electron chi connectivity index (χ0n) is 19.8. The molecule has 0 saturated heterocycles. The van der Waals surface area contributed by atoms with Crippen molar-refractivity contribution < 1.29 is 9.50 Å². The highest BCUT2D eigenvalue weighted by molar-refractivity contribution is 7.25. The Hall–Kier alpha value is -3.62. The maximum absolute atomic E-state index is 14.2. The Morgan fingerprint density at radius 3 is 2.73 bits per heavy atom. The molecule has 3 aromatic carbocycles. The molecule has 0 amide bonds. The van der Waals surface area contributed by atoms with Crippen molar-refractivity contribution in [1.82, 2.24) is 14.5 Å². The number of hydrogen-bond donors (Lipinski definition) is 1. The van der Waals surface area contributed by atoms with E-state index in [0.717, 1.165) is 45.6 Å². The van der Waals surface area contributed by atoms with E-state index in [9.17, 15) is 14.3 Å². The lowest BCUT2D eigenvalue weighted by atomic mass is 10.0. The van der Waals surface area contributed by atoms with Crippen LogP contribution in [-0.4, -0.2) is 19.6 Å². The van der Waals surface area contributed by atoms with Crippen molar-refractivity contribution >= 4 is 53.2 Å². The highest BCUT2D eigenvalue weighted by Crippen LogP contribution is 2.45. The Balaban J connectivity index is 1.36. The fourth-order valence-electron chi connectivity index (χ4n) is 5.06. The lowest BCUT2D eigenvalue weighted by molar-refractivity contribution is 0.482. The topological polar surface area (TPSA) is 68.0 Å². The summed E-state index contributed by atoms with van der Waals surface area (Å²) < 4.78 is 17.8. The Morgan fingerprint density at radius 1 is 1.03 bits per heavy atom. The minimum Gasteiger partial charge on any atom is -0.506 e. The molecule has 0 unspecified atom stereocenters. The van der Waals surface area contributed by atoms with E-state index in [-0.39, 0.29) is 17.1 Å². The second kappa shape index (κ2) is 8.75. The summed E-state index contributed by atoms with van der Waals surface area (Å²) >= 11 is 3.00. The number of phenolic OH excluding ortho intramolecular Hbond substituents is 1. The number of thiophene rings is 1. The summed E-state index contributed by atoms with van der Waals surface area (Å²) in [5, 5.41) is 12.7. The average molecular weight is 528 g/mol. The number of halogens is 1. The minimum atomic E-state index is -0.275. The number of para-hydroxylation sites is 1. The number of aromatic nitrogens is 3. The molecule has 7 rings (SSSR count). The van der Waals surface area contributed by atoms with Crippen molar-refractivity contribution in [3.05, 3.63) is 87.4 Å². The van der Waals surface area contributed by atoms with Gasteiger partial charge in [0, 0.05) is 23.9 Å². The minimum absolute atomic E-state index is 0.132. The van der Waals surface area contributed by atoms with Crippen LogP contribution in [0.3, 0.4) is 0 Å². The van der Waals surface area contributed by atoms with Gasteiger partial charge in [0.05, 0.1) is 25.3 Å². The van der Waals surface area contributed by atoms with Crippen molar-refractivity contribution in [2.24, 2.45) is 0 Å². The third kappa shape index (κ3) is 3.91. The molecule has 3 aromatic heterocycles. The molecule has 1 N–H and O–H groups in total. The molecule has 3 heterocycles. The lowest BCUT2D eigenvalue weighted by Gasteiger charge is -2.15. The van der Waals surface area contributed by atoms with Crippen molar-refractivity contribution in [3.63, 3.8) is 0 Å². The quantitative estimate of drug-likeness (QED) is 0.248. The first-order valence-electron chi connectivity index (χ1n) is 12.4. The first kappa shape index (κ1) is 22.6. The SMILES string of the molecule is O=c1c2c(nc(-c3ccc(F)cc3C3CC3)n1CCCc1nc3ccccc3s1)sc1c(O)cccc12. The van der Waals surface area contributed by atoms with Gasteiger partial charge in [-0.1, -0.05) is 24.3 Å². The van der Waals surface area contributed by atoms with Crippen LogP contribution in [0.4, 0.5) is 4.39 Å². The van der Waals surface area contributed by atoms with E-state index in [4.69, 9.17) is 9.97 Å². The highest BCUT2D eigenvalue weighted by atomic mass is 32.1. The van der Waals surface area contributed by atoms with Crippen LogP contribution in [0.15, 0.2) is 65.5 Å². The smallest absolute Gasteiger partial charge is 0.263 e. The van der Waals surface area contributed by atoms with Gasteiger partial charge in [0.1, 0.15) is 22.2 Å². The number of aryl methyl sites for hydroxylation is 1. The molecule has 1 aliphatic rings. The van der Waals surface area contributed by atoms with Gasteiger partial charge < -0.3 is 5.11 Å². The van der Waals surface area contributed by atoms with E-state index in [2.05, 4.69) is 6.07 Å². The van der Waals surface area contributed by atoms with Gasteiger partial charge in [0.2, 0.25) is 0 Å². The molecule has 1 saturated carbocycles. The van der Waals surface area contributed by atoms with Crippen LogP contribution in [0.1, 0.15) is 35.8 Å². The predicted molar refractivity (Wildman–Crippen MR) is 148 cm³/mol. The van der Waals surface area contributed by atoms with Gasteiger partial charge in [-0.2, -0.15) is 0 Å². The van der Waals surface area contributed by atoms with E-state index in [1.165, 1.54) is 17.4 Å². The monoisotopic (exact) mass is 527 g/mol. The number of aromatic hydroxyl groups is 1. The number of fused-ring (bicyclic) bond motifs is 4. The van der Waals surface area contributed by atoms with Crippen LogP contribution in [-0.2, 0) is 13.0 Å². The number of thiazole rings is 1. The summed E-state index contributed by atoms with van der Waals surface area (Å²) in [5.41, 5.74) is 2.58. The maximum Gasteiger partial charge on any atom is 0.263 e. The van der Waals surface area contributed by atoms with Crippen molar-refractivity contribution in [2.75, 3.05) is 0 Å². The fraction of sp³-hybridized carbons (Fsp3) is 0.207. The van der Waals surface area contributed by atoms with E-state index >= 15 is 0 Å². The van der Waals surface area contributed by atoms with Gasteiger partial charge in [-0.25, -0.2) is 14.4 Å². The van der Waals surface area contributed by atoms with Gasteiger partial charge in [-0.05, 0) is 67.1 Å². The average Bonchev–Trinajstić information content (AvgIpc) is 3.54. The summed E-state index contributed by atoms with van der Waals surface area (Å²) in [4.78, 5) is 24.3. The third-order valence-electron chi connectivity index (χ3n) is 6.98. The molecule has 0 radical (unpaired) electrons. The van der Waals surface area contributed by atoms with E-state index in [0.29, 0.717) is 45.0 Å². The molecule has 37 heavy (non-hydrogen) atoms. The van der Waals surface area contributed by atoms with Crippen LogP contribution in [0, 0.1) is 5.82 Å². The van der Waals surface area contributed by atoms with Crippen molar-refractivity contribution in [3.8, 4) is 17.1 Å². The van der Waals surface area contributed by atoms with E-state index in [1.54, 1.807) is 40.2 Å². The largest absolute Gasteiger partial charge is 0.506 e. The Labute approximate surface area is 219 Å². The summed E-state index contributed by atoms with van der Waals surface area (Å²) in [6.07, 6.45) is 3.48. The van der Waals surface area contributed by atoms with Gasteiger partial charge in [-0.15, -0.1) is 22.7 Å². The number of rotatable bonds is 6. The number of nitrogens with zero attached hydrogens (tertiary/aromatic N) is 3. The molecule has 8 heteroatoms. The van der Waals surface area contributed by atoms with Gasteiger partial charge in [0.15, 0.2) is 0 Å². The van der Waals surface area contributed by atoms with Gasteiger partial charge >= 0.3 is 0 Å². The molecule has 184 valence electrons. The molecule has 0 atom stereocenters. The van der Waals surface area contributed by atoms with Gasteiger partial charge in [0.25, 0.3) is 5.56 Å². The fourth-order valence-corrected chi connectivity index (χ4v) is 7.15. The summed E-state index contributed by atoms with van der Waals surface area (Å²) in [6.45, 7) is 0.463. The first-order chi connectivity index (χ1) is 18.1. The second-order valence-corrected chi connectivity index (χ2v) is 11.6. The summed E-state index contributed by atoms with van der Waals surface area (Å²) in [5.74, 6) is 0.725. The lowest BCUT2D eigenvalue weighted by Crippen LogP contribution is -2.24. The molecule has 1 fully saturated rings. The molecular formula is C29H22FN3O2S2. The van der Waals surface area contributed by atoms with Crippen LogP contribution < -0.4 is 5.56 Å². The number of benzene rings is 3. The Morgan fingerprint density at radius 2 is 1.89 bits per heavy atom. The zero-order chi connectivity index (χ0) is 25.1. The normalized spacial score (nSPS) is 13.8. The Bertz CT molecular complexity index is 1850. The molecular weight excluding hydrogens is 505 g/mol. The third-order valence-corrected chi connectivity index (χ3v) is 9.20.